The van der Waals surface area contributed by atoms with Crippen LogP contribution in [0.2, 0.25) is 0 Å². The summed E-state index contributed by atoms with van der Waals surface area (Å²) in [5.74, 6) is 0.736. The molecule has 2 aromatic heterocycles. The number of carbonyl (C=O) groups is 1. The maximum absolute atomic E-state index is 12.9. The van der Waals surface area contributed by atoms with Crippen LogP contribution in [0.25, 0.3) is 5.65 Å². The molecule has 0 aromatic carbocycles. The van der Waals surface area contributed by atoms with E-state index in [9.17, 15) is 4.79 Å². The number of carbonyl (C=O) groups excluding carboxylic acids is 1. The van der Waals surface area contributed by atoms with Crippen molar-refractivity contribution in [1.29, 1.82) is 0 Å². The highest BCUT2D eigenvalue weighted by molar-refractivity contribution is 8.02. The number of hydrogen-bond donors (Lipinski definition) is 1. The monoisotopic (exact) mass is 359 g/mol. The van der Waals surface area contributed by atoms with E-state index in [1.54, 1.807) is 28.5 Å². The van der Waals surface area contributed by atoms with Gasteiger partial charge >= 0.3 is 0 Å². The van der Waals surface area contributed by atoms with Crippen LogP contribution in [-0.4, -0.2) is 38.0 Å². The lowest BCUT2D eigenvalue weighted by Gasteiger charge is -2.33. The normalized spacial score (nSPS) is 19.6. The van der Waals surface area contributed by atoms with Crippen LogP contribution in [0.4, 0.5) is 5.69 Å². The van der Waals surface area contributed by atoms with Gasteiger partial charge in [-0.3, -0.25) is 4.79 Å². The van der Waals surface area contributed by atoms with Gasteiger partial charge in [-0.15, -0.1) is 11.8 Å². The van der Waals surface area contributed by atoms with Gasteiger partial charge in [0.05, 0.1) is 16.5 Å². The molecule has 25 heavy (non-hydrogen) atoms. The number of nitrogens with zero attached hydrogens (tertiary/aromatic N) is 4. The smallest absolute Gasteiger partial charge is 0.255 e. The Morgan fingerprint density at radius 1 is 1.48 bits per heavy atom. The van der Waals surface area contributed by atoms with Crippen molar-refractivity contribution in [1.82, 2.24) is 19.5 Å². The third-order valence-electron chi connectivity index (χ3n) is 4.57. The van der Waals surface area contributed by atoms with Gasteiger partial charge in [0.1, 0.15) is 0 Å². The molecule has 1 aliphatic rings. The molecule has 6 nitrogen and oxygen atoms in total. The summed E-state index contributed by atoms with van der Waals surface area (Å²) < 4.78 is 1.64. The van der Waals surface area contributed by atoms with E-state index in [-0.39, 0.29) is 17.2 Å². The molecule has 0 spiro atoms. The number of allylic oxidation sites excluding steroid dienone is 1. The van der Waals surface area contributed by atoms with Crippen LogP contribution in [-0.2, 0) is 0 Å². The highest BCUT2D eigenvalue weighted by Gasteiger charge is 2.25. The van der Waals surface area contributed by atoms with Gasteiger partial charge in [0.15, 0.2) is 11.5 Å². The Labute approximate surface area is 152 Å². The summed E-state index contributed by atoms with van der Waals surface area (Å²) in [6, 6.07) is 1.99. The van der Waals surface area contributed by atoms with Gasteiger partial charge < -0.3 is 10.6 Å². The number of thioether (sulfide) groups is 1. The maximum atomic E-state index is 12.9. The molecule has 7 heteroatoms. The number of anilines is 1. The zero-order valence-corrected chi connectivity index (χ0v) is 15.8. The van der Waals surface area contributed by atoms with Crippen LogP contribution in [0.15, 0.2) is 23.7 Å². The van der Waals surface area contributed by atoms with Crippen molar-refractivity contribution in [2.45, 2.75) is 51.3 Å². The number of nitrogens with two attached hydrogens (primary N) is 1. The van der Waals surface area contributed by atoms with E-state index < -0.39 is 0 Å². The van der Waals surface area contributed by atoms with Crippen molar-refractivity contribution < 1.29 is 4.79 Å². The zero-order chi connectivity index (χ0) is 18.0. The Morgan fingerprint density at radius 2 is 2.28 bits per heavy atom. The first-order valence-corrected chi connectivity index (χ1v) is 9.69. The zero-order valence-electron chi connectivity index (χ0n) is 15.0. The fourth-order valence-corrected chi connectivity index (χ4v) is 3.75. The van der Waals surface area contributed by atoms with E-state index in [2.05, 4.69) is 23.9 Å². The second kappa shape index (κ2) is 7.47. The number of likely N-dealkylation sites (tertiary alicyclic amines) is 1. The number of pyridine rings is 1. The van der Waals surface area contributed by atoms with Gasteiger partial charge in [-0.05, 0) is 51.5 Å². The number of rotatable bonds is 4. The summed E-state index contributed by atoms with van der Waals surface area (Å²) in [5, 5.41) is 6.68. The summed E-state index contributed by atoms with van der Waals surface area (Å²) in [6.07, 6.45) is 7.03. The second-order valence-corrected chi connectivity index (χ2v) is 7.76. The maximum Gasteiger partial charge on any atom is 0.255 e. The number of nitrogen functional groups attached to an aromatic ring is 1. The number of aromatic nitrogens is 3. The molecule has 2 N–H and O–H groups in total. The highest BCUT2D eigenvalue weighted by atomic mass is 32.2. The summed E-state index contributed by atoms with van der Waals surface area (Å²) in [6.45, 7) is 6.94. The van der Waals surface area contributed by atoms with Crippen LogP contribution in [0.5, 0.6) is 0 Å². The standard InChI is InChI=1S/C18H25N5OS/c1-4-9-25-13(3)16-20-17-15(19)10-14(11-23(17)21-16)18(24)22-8-6-5-7-12(22)2/h4,9-13H,5-8,19H2,1-3H3/b9-4-. The first-order chi connectivity index (χ1) is 12.0. The van der Waals surface area contributed by atoms with Crippen LogP contribution in [0.1, 0.15) is 61.5 Å². The van der Waals surface area contributed by atoms with Crippen molar-refractivity contribution in [3.05, 3.63) is 35.1 Å². The third-order valence-corrected chi connectivity index (χ3v) is 5.62. The van der Waals surface area contributed by atoms with Crippen molar-refractivity contribution in [2.24, 2.45) is 0 Å². The average molecular weight is 359 g/mol. The lowest BCUT2D eigenvalue weighted by Crippen LogP contribution is -2.42. The van der Waals surface area contributed by atoms with Gasteiger partial charge in [0.2, 0.25) is 0 Å². The predicted octanol–water partition coefficient (Wildman–Crippen LogP) is 3.65. The quantitative estimate of drug-likeness (QED) is 0.901. The van der Waals surface area contributed by atoms with E-state index >= 15 is 0 Å². The highest BCUT2D eigenvalue weighted by Crippen LogP contribution is 2.28. The molecule has 2 aromatic rings. The van der Waals surface area contributed by atoms with Crippen molar-refractivity contribution in [3.8, 4) is 0 Å². The third kappa shape index (κ3) is 3.66. The molecule has 2 atom stereocenters. The minimum Gasteiger partial charge on any atom is -0.396 e. The molecule has 0 aliphatic carbocycles. The summed E-state index contributed by atoms with van der Waals surface area (Å²) in [4.78, 5) is 19.4. The van der Waals surface area contributed by atoms with Gasteiger partial charge in [-0.2, -0.15) is 5.10 Å². The van der Waals surface area contributed by atoms with Crippen LogP contribution in [0.3, 0.4) is 0 Å². The second-order valence-electron chi connectivity index (χ2n) is 6.51. The minimum absolute atomic E-state index is 0.0224. The minimum atomic E-state index is 0.0224. The molecule has 0 radical (unpaired) electrons. The van der Waals surface area contributed by atoms with Gasteiger partial charge in [-0.1, -0.05) is 6.08 Å². The Kier molecular flexibility index (Phi) is 5.32. The van der Waals surface area contributed by atoms with Crippen molar-refractivity contribution in [2.75, 3.05) is 12.3 Å². The predicted molar refractivity (Wildman–Crippen MR) is 103 cm³/mol. The molecular formula is C18H25N5OS. The molecule has 1 fully saturated rings. The first-order valence-electron chi connectivity index (χ1n) is 8.74. The van der Waals surface area contributed by atoms with Gasteiger partial charge in [0, 0.05) is 18.8 Å². The summed E-state index contributed by atoms with van der Waals surface area (Å²) in [5.41, 5.74) is 7.82. The molecular weight excluding hydrogens is 334 g/mol. The van der Waals surface area contributed by atoms with Crippen LogP contribution in [0, 0.1) is 0 Å². The fraction of sp³-hybridized carbons (Fsp3) is 0.500. The Bertz CT molecular complexity index is 800. The van der Waals surface area contributed by atoms with E-state index in [0.29, 0.717) is 22.7 Å². The average Bonchev–Trinajstić information content (AvgIpc) is 3.04. The van der Waals surface area contributed by atoms with Gasteiger partial charge in [0.25, 0.3) is 5.91 Å². The Morgan fingerprint density at radius 3 is 3.00 bits per heavy atom. The molecule has 1 amide bonds. The number of fused-ring (bicyclic) bond motifs is 1. The largest absolute Gasteiger partial charge is 0.396 e. The lowest BCUT2D eigenvalue weighted by molar-refractivity contribution is 0.0635. The van der Waals surface area contributed by atoms with E-state index in [4.69, 9.17) is 5.73 Å². The molecule has 134 valence electrons. The van der Waals surface area contributed by atoms with E-state index in [1.807, 2.05) is 23.3 Å². The molecule has 2 unspecified atom stereocenters. The molecule has 3 heterocycles. The lowest BCUT2D eigenvalue weighted by atomic mass is 10.0. The summed E-state index contributed by atoms with van der Waals surface area (Å²) in [7, 11) is 0. The molecule has 3 rings (SSSR count). The topological polar surface area (TPSA) is 76.5 Å². The fourth-order valence-electron chi connectivity index (χ4n) is 3.14. The number of hydrogen-bond acceptors (Lipinski definition) is 5. The van der Waals surface area contributed by atoms with Crippen LogP contribution < -0.4 is 5.73 Å². The molecule has 0 saturated carbocycles. The number of piperidine rings is 1. The molecule has 1 saturated heterocycles. The van der Waals surface area contributed by atoms with Crippen molar-refractivity contribution in [3.63, 3.8) is 0 Å². The van der Waals surface area contributed by atoms with Gasteiger partial charge in [-0.25, -0.2) is 9.50 Å². The Balaban J connectivity index is 1.91. The molecule has 0 bridgehead atoms. The van der Waals surface area contributed by atoms with Crippen molar-refractivity contribution >= 4 is 29.0 Å². The first kappa shape index (κ1) is 17.8. The van der Waals surface area contributed by atoms with Crippen LogP contribution >= 0.6 is 11.8 Å². The molecule has 1 aliphatic heterocycles. The SMILES string of the molecule is C/C=C\SC(C)c1nc2c(N)cc(C(=O)N3CCCCC3C)cn2n1. The summed E-state index contributed by atoms with van der Waals surface area (Å²) >= 11 is 1.65. The Hall–Kier alpha value is -2.02. The van der Waals surface area contributed by atoms with E-state index in [1.165, 1.54) is 6.42 Å². The number of amides is 1. The van der Waals surface area contributed by atoms with E-state index in [0.717, 1.165) is 19.4 Å².